The monoisotopic (exact) mass is 584 g/mol. The number of hydrogen-bond donors (Lipinski definition) is 0. The molecule has 7 heterocycles. The zero-order valence-electron chi connectivity index (χ0n) is 24.4. The van der Waals surface area contributed by atoms with E-state index in [1.807, 2.05) is 0 Å². The zero-order valence-corrected chi connectivity index (χ0v) is 24.4. The molecule has 0 saturated heterocycles. The number of para-hydroxylation sites is 7. The van der Waals surface area contributed by atoms with Gasteiger partial charge in [0, 0.05) is 16.5 Å². The number of fused-ring (bicyclic) bond motifs is 20. The molecule has 0 spiro atoms. The predicted molar refractivity (Wildman–Crippen MR) is 189 cm³/mol. The standard InChI is InChI=1S/C40H21BN4O/c1-4-14-26-23(12-1)34-39-42(26)28-16-6-7-17-29(28)44(39)32-21-25-22-11-3-10-20-33(22)46-38(25)37-36(32)41(34)35-24-13-2-5-15-27(24)43-30-18-8-9-19-31(30)45(37)40(35)43/h1-21H. The first-order chi connectivity index (χ1) is 22.9. The van der Waals surface area contributed by atoms with Gasteiger partial charge in [-0.3, -0.25) is 17.9 Å². The van der Waals surface area contributed by atoms with Gasteiger partial charge in [-0.05, 0) is 75.7 Å². The van der Waals surface area contributed by atoms with Gasteiger partial charge in [0.05, 0.1) is 38.8 Å². The number of nitrogens with zero attached hydrogens (tertiary/aromatic N) is 4. The Morgan fingerprint density at radius 2 is 0.935 bits per heavy atom. The van der Waals surface area contributed by atoms with Crippen molar-refractivity contribution in [3.8, 4) is 11.4 Å². The Bertz CT molecular complexity index is 3220. The largest absolute Gasteiger partial charge is 0.454 e. The van der Waals surface area contributed by atoms with Gasteiger partial charge in [0.1, 0.15) is 16.9 Å². The van der Waals surface area contributed by atoms with E-state index < -0.39 is 0 Å². The third-order valence-electron chi connectivity index (χ3n) is 10.9. The lowest BCUT2D eigenvalue weighted by atomic mass is 9.34. The maximum Gasteiger partial charge on any atom is 0.258 e. The molecule has 210 valence electrons. The highest BCUT2D eigenvalue weighted by molar-refractivity contribution is 7.02. The molecule has 0 N–H and O–H groups in total. The van der Waals surface area contributed by atoms with Crippen LogP contribution in [0, 0.1) is 0 Å². The van der Waals surface area contributed by atoms with Gasteiger partial charge in [-0.1, -0.05) is 78.9 Å². The summed E-state index contributed by atoms with van der Waals surface area (Å²) >= 11 is 0. The molecule has 0 radical (unpaired) electrons. The van der Waals surface area contributed by atoms with E-state index in [-0.39, 0.29) is 6.71 Å². The minimum absolute atomic E-state index is 0.0148. The highest BCUT2D eigenvalue weighted by Crippen LogP contribution is 2.43. The van der Waals surface area contributed by atoms with Gasteiger partial charge >= 0.3 is 0 Å². The lowest BCUT2D eigenvalue weighted by Gasteiger charge is -2.31. The van der Waals surface area contributed by atoms with E-state index in [9.17, 15) is 0 Å². The lowest BCUT2D eigenvalue weighted by Crippen LogP contribution is -2.59. The first kappa shape index (κ1) is 22.4. The van der Waals surface area contributed by atoms with Gasteiger partial charge in [-0.15, -0.1) is 0 Å². The average Bonchev–Trinajstić information content (AvgIpc) is 3.90. The van der Waals surface area contributed by atoms with Gasteiger partial charge < -0.3 is 4.42 Å². The van der Waals surface area contributed by atoms with Crippen LogP contribution < -0.4 is 16.4 Å². The van der Waals surface area contributed by atoms with Crippen molar-refractivity contribution in [3.05, 3.63) is 127 Å². The maximum atomic E-state index is 6.92. The second-order valence-electron chi connectivity index (χ2n) is 12.9. The fourth-order valence-corrected chi connectivity index (χ4v) is 9.35. The SMILES string of the molecule is c1ccc2c(c1)oc1c3c4c(cc12)-n1c2ccccc2n2c5ccccc5c(c12)B4c1c2ccccc2n2c4ccccc4n-3c12. The van der Waals surface area contributed by atoms with Crippen LogP contribution in [-0.2, 0) is 0 Å². The second-order valence-corrected chi connectivity index (χ2v) is 12.9. The Labute approximate surface area is 260 Å². The molecule has 2 aliphatic rings. The van der Waals surface area contributed by atoms with Crippen LogP contribution in [0.4, 0.5) is 0 Å². The average molecular weight is 584 g/mol. The summed E-state index contributed by atoms with van der Waals surface area (Å²) in [7, 11) is 0. The number of hydrogen-bond acceptors (Lipinski definition) is 1. The van der Waals surface area contributed by atoms with E-state index in [4.69, 9.17) is 4.42 Å². The highest BCUT2D eigenvalue weighted by Gasteiger charge is 2.46. The summed E-state index contributed by atoms with van der Waals surface area (Å²) < 4.78 is 17.0. The molecule has 6 aromatic carbocycles. The molecule has 0 saturated carbocycles. The number of furan rings is 1. The van der Waals surface area contributed by atoms with Crippen LogP contribution in [0.2, 0.25) is 0 Å². The third-order valence-corrected chi connectivity index (χ3v) is 10.9. The Kier molecular flexibility index (Phi) is 3.51. The number of aromatic nitrogens is 4. The topological polar surface area (TPSA) is 31.8 Å². The molecule has 2 aliphatic heterocycles. The summed E-state index contributed by atoms with van der Waals surface area (Å²) in [6, 6.07) is 46.5. The Morgan fingerprint density at radius 1 is 0.435 bits per heavy atom. The van der Waals surface area contributed by atoms with Crippen molar-refractivity contribution < 1.29 is 4.42 Å². The molecular weight excluding hydrogens is 563 g/mol. The molecule has 11 aromatic rings. The predicted octanol–water partition coefficient (Wildman–Crippen LogP) is 7.43. The zero-order chi connectivity index (χ0) is 29.4. The van der Waals surface area contributed by atoms with Gasteiger partial charge in [-0.2, -0.15) is 0 Å². The van der Waals surface area contributed by atoms with Crippen LogP contribution >= 0.6 is 0 Å². The summed E-state index contributed by atoms with van der Waals surface area (Å²) in [5.41, 5.74) is 18.1. The quantitative estimate of drug-likeness (QED) is 0.171. The van der Waals surface area contributed by atoms with Crippen LogP contribution in [0.25, 0.3) is 88.5 Å². The summed E-state index contributed by atoms with van der Waals surface area (Å²) in [5.74, 6) is 0. The maximum absolute atomic E-state index is 6.92. The lowest BCUT2D eigenvalue weighted by molar-refractivity contribution is 0.666. The molecule has 0 amide bonds. The summed E-state index contributed by atoms with van der Waals surface area (Å²) in [4.78, 5) is 0. The van der Waals surface area contributed by atoms with Gasteiger partial charge in [0.2, 0.25) is 0 Å². The van der Waals surface area contributed by atoms with E-state index in [1.165, 1.54) is 77.2 Å². The normalized spacial score (nSPS) is 13.6. The summed E-state index contributed by atoms with van der Waals surface area (Å²) in [6.07, 6.45) is 0. The number of benzene rings is 6. The molecule has 5 aromatic heterocycles. The van der Waals surface area contributed by atoms with E-state index in [0.29, 0.717) is 0 Å². The Balaban J connectivity index is 1.41. The van der Waals surface area contributed by atoms with E-state index in [1.54, 1.807) is 0 Å². The molecule has 0 unspecified atom stereocenters. The van der Waals surface area contributed by atoms with E-state index >= 15 is 0 Å². The molecule has 0 aliphatic carbocycles. The molecule has 5 nitrogen and oxygen atoms in total. The molecule has 6 heteroatoms. The van der Waals surface area contributed by atoms with E-state index in [0.717, 1.165) is 27.6 Å². The fraction of sp³-hybridized carbons (Fsp3) is 0. The van der Waals surface area contributed by atoms with Crippen molar-refractivity contribution in [1.29, 1.82) is 0 Å². The van der Waals surface area contributed by atoms with Crippen molar-refractivity contribution in [2.75, 3.05) is 0 Å². The van der Waals surface area contributed by atoms with E-state index in [2.05, 4.69) is 145 Å². The number of imidazole rings is 2. The third kappa shape index (κ3) is 2.20. The molecule has 0 atom stereocenters. The van der Waals surface area contributed by atoms with Crippen molar-refractivity contribution >= 4 is 100 Å². The Morgan fingerprint density at radius 3 is 1.59 bits per heavy atom. The summed E-state index contributed by atoms with van der Waals surface area (Å²) in [6.45, 7) is 0.0148. The molecule has 0 fully saturated rings. The van der Waals surface area contributed by atoms with Crippen molar-refractivity contribution in [2.45, 2.75) is 0 Å². The van der Waals surface area contributed by atoms with Crippen LogP contribution in [-0.4, -0.2) is 24.6 Å². The first-order valence-electron chi connectivity index (χ1n) is 15.9. The van der Waals surface area contributed by atoms with Gasteiger partial charge in [0.15, 0.2) is 5.58 Å². The van der Waals surface area contributed by atoms with Crippen LogP contribution in [0.5, 0.6) is 0 Å². The minimum atomic E-state index is 0.0148. The highest BCUT2D eigenvalue weighted by atomic mass is 16.3. The molecule has 13 rings (SSSR count). The number of rotatable bonds is 0. The molecule has 46 heavy (non-hydrogen) atoms. The second kappa shape index (κ2) is 7.22. The van der Waals surface area contributed by atoms with Crippen LogP contribution in [0.1, 0.15) is 0 Å². The van der Waals surface area contributed by atoms with Gasteiger partial charge in [-0.25, -0.2) is 0 Å². The van der Waals surface area contributed by atoms with Crippen LogP contribution in [0.3, 0.4) is 0 Å². The minimum Gasteiger partial charge on any atom is -0.454 e. The summed E-state index contributed by atoms with van der Waals surface area (Å²) in [5, 5.41) is 4.90. The fourth-order valence-electron chi connectivity index (χ4n) is 9.35. The van der Waals surface area contributed by atoms with Gasteiger partial charge in [0.25, 0.3) is 6.71 Å². The first-order valence-corrected chi connectivity index (χ1v) is 15.9. The molecular formula is C40H21BN4O. The molecule has 0 bridgehead atoms. The van der Waals surface area contributed by atoms with Crippen LogP contribution in [0.15, 0.2) is 132 Å². The van der Waals surface area contributed by atoms with Crippen molar-refractivity contribution in [2.24, 2.45) is 0 Å². The van der Waals surface area contributed by atoms with Crippen molar-refractivity contribution in [1.82, 2.24) is 17.9 Å². The Hall–Kier alpha value is -6.14. The van der Waals surface area contributed by atoms with Crippen molar-refractivity contribution in [3.63, 3.8) is 0 Å². The smallest absolute Gasteiger partial charge is 0.258 e.